The number of hydrogen-bond donors (Lipinski definition) is 0. The van der Waals surface area contributed by atoms with Crippen LogP contribution in [0.5, 0.6) is 11.5 Å². The number of benzene rings is 2. The number of hydrogen-bond acceptors (Lipinski definition) is 5. The molecule has 0 aliphatic carbocycles. The van der Waals surface area contributed by atoms with Gasteiger partial charge in [-0.2, -0.15) is 0 Å². The highest BCUT2D eigenvalue weighted by Crippen LogP contribution is 2.39. The third-order valence-corrected chi connectivity index (χ3v) is 5.02. The first-order valence-corrected chi connectivity index (χ1v) is 9.25. The highest BCUT2D eigenvalue weighted by atomic mass is 31.2. The van der Waals surface area contributed by atoms with Crippen LogP contribution < -0.4 is 19.5 Å². The number of nitrogens with zero attached hydrogens (tertiary/aromatic N) is 1. The molecule has 0 spiro atoms. The summed E-state index contributed by atoms with van der Waals surface area (Å²) < 4.78 is 23.0. The maximum Gasteiger partial charge on any atom is 0.214 e. The average Bonchev–Trinajstić information content (AvgIpc) is 2.55. The first-order chi connectivity index (χ1) is 11.3. The van der Waals surface area contributed by atoms with E-state index < -0.39 is 7.60 Å². The van der Waals surface area contributed by atoms with E-state index in [1.165, 1.54) is 19.2 Å². The Morgan fingerprint density at radius 1 is 1.12 bits per heavy atom. The van der Waals surface area contributed by atoms with E-state index in [2.05, 4.69) is 0 Å². The molecule has 6 heteroatoms. The molecule has 0 saturated heterocycles. The summed E-state index contributed by atoms with van der Waals surface area (Å²) in [6, 6.07) is 11.7. The van der Waals surface area contributed by atoms with E-state index in [-0.39, 0.29) is 5.30 Å². The van der Waals surface area contributed by atoms with Gasteiger partial charge in [0.2, 0.25) is 7.60 Å². The zero-order chi connectivity index (χ0) is 17.7. The second kappa shape index (κ2) is 7.84. The van der Waals surface area contributed by atoms with Gasteiger partial charge in [0, 0.05) is 11.8 Å². The van der Waals surface area contributed by atoms with Crippen LogP contribution in [0, 0.1) is 6.92 Å². The lowest BCUT2D eigenvalue weighted by Crippen LogP contribution is -2.20. The van der Waals surface area contributed by atoms with Crippen LogP contribution in [-0.4, -0.2) is 32.6 Å². The molecular weight excluding hydrogens is 325 g/mol. The van der Waals surface area contributed by atoms with Crippen molar-refractivity contribution in [3.05, 3.63) is 53.6 Å². The van der Waals surface area contributed by atoms with Crippen LogP contribution in [0.3, 0.4) is 0 Å². The molecule has 0 amide bonds. The smallest absolute Gasteiger partial charge is 0.214 e. The number of likely N-dealkylation sites (N-methyl/N-ethyl adjacent to an activating group) is 1. The van der Waals surface area contributed by atoms with Gasteiger partial charge >= 0.3 is 0 Å². The van der Waals surface area contributed by atoms with E-state index in [1.807, 2.05) is 38.1 Å². The second-order valence-corrected chi connectivity index (χ2v) is 7.65. The van der Waals surface area contributed by atoms with Gasteiger partial charge in [-0.15, -0.1) is 0 Å². The molecule has 0 N–H and O–H groups in total. The van der Waals surface area contributed by atoms with Gasteiger partial charge in [0.1, 0.15) is 11.5 Å². The summed E-state index contributed by atoms with van der Waals surface area (Å²) in [5, 5.41) is 0.127. The van der Waals surface area contributed by atoms with Gasteiger partial charge in [0.15, 0.2) is 0 Å². The van der Waals surface area contributed by atoms with E-state index in [4.69, 9.17) is 9.26 Å². The average molecular weight is 348 g/mol. The van der Waals surface area contributed by atoms with Crippen LogP contribution in [-0.2, 0) is 11.0 Å². The molecular formula is C18H23NO4P-. The van der Waals surface area contributed by atoms with Crippen molar-refractivity contribution >= 4 is 12.9 Å². The van der Waals surface area contributed by atoms with Crippen LogP contribution in [0.4, 0.5) is 0 Å². The first kappa shape index (κ1) is 18.5. The zero-order valence-electron chi connectivity index (χ0n) is 14.5. The second-order valence-electron chi connectivity index (χ2n) is 5.95. The van der Waals surface area contributed by atoms with Gasteiger partial charge in [-0.3, -0.25) is 4.57 Å². The lowest BCUT2D eigenvalue weighted by molar-refractivity contribution is -0.186. The Kier molecular flexibility index (Phi) is 6.05. The zero-order valence-corrected chi connectivity index (χ0v) is 15.4. The van der Waals surface area contributed by atoms with Gasteiger partial charge in [-0.1, -0.05) is 17.7 Å². The highest BCUT2D eigenvalue weighted by molar-refractivity contribution is 7.60. The van der Waals surface area contributed by atoms with Gasteiger partial charge in [0.05, 0.1) is 7.11 Å². The number of methoxy groups -OCH3 is 1. The molecule has 1 atom stereocenters. The largest absolute Gasteiger partial charge is 0.765 e. The third-order valence-electron chi connectivity index (χ3n) is 3.65. The van der Waals surface area contributed by atoms with Crippen molar-refractivity contribution in [2.75, 3.05) is 27.7 Å². The van der Waals surface area contributed by atoms with Crippen molar-refractivity contribution in [3.8, 4) is 11.5 Å². The maximum absolute atomic E-state index is 12.5. The Balaban J connectivity index is 2.26. The van der Waals surface area contributed by atoms with E-state index in [9.17, 15) is 9.46 Å². The SMILES string of the molecule is COc1ccc(P(=O)([O-])Oc2ccc(C)cc2CCN(C)C)cc1. The monoisotopic (exact) mass is 348 g/mol. The van der Waals surface area contributed by atoms with E-state index in [0.29, 0.717) is 17.9 Å². The molecule has 0 fully saturated rings. The predicted molar refractivity (Wildman–Crippen MR) is 94.3 cm³/mol. The Bertz CT molecular complexity index is 728. The standard InChI is InChI=1S/C18H24NO4P/c1-14-5-10-18(15(13-14)11-12-19(2)3)23-24(20,21)17-8-6-16(22-4)7-9-17/h5-10,13H,11-12H2,1-4H3,(H,20,21)/p-1. The molecule has 0 aromatic heterocycles. The van der Waals surface area contributed by atoms with E-state index in [0.717, 1.165) is 17.7 Å². The molecule has 0 saturated carbocycles. The summed E-state index contributed by atoms with van der Waals surface area (Å²) in [6.45, 7) is 2.79. The topological polar surface area (TPSA) is 61.8 Å². The fourth-order valence-electron chi connectivity index (χ4n) is 2.28. The van der Waals surface area contributed by atoms with Crippen molar-refractivity contribution in [3.63, 3.8) is 0 Å². The first-order valence-electron chi connectivity index (χ1n) is 7.71. The minimum absolute atomic E-state index is 0.127. The molecule has 2 rings (SSSR count). The van der Waals surface area contributed by atoms with Crippen molar-refractivity contribution in [1.29, 1.82) is 0 Å². The molecule has 0 aliphatic heterocycles. The molecule has 1 unspecified atom stereocenters. The maximum atomic E-state index is 12.5. The fraction of sp³-hybridized carbons (Fsp3) is 0.333. The van der Waals surface area contributed by atoms with Gasteiger partial charge in [-0.25, -0.2) is 0 Å². The van der Waals surface area contributed by atoms with Crippen molar-refractivity contribution in [2.24, 2.45) is 0 Å². The minimum Gasteiger partial charge on any atom is -0.765 e. The van der Waals surface area contributed by atoms with Crippen LogP contribution in [0.2, 0.25) is 0 Å². The molecule has 2 aromatic carbocycles. The number of aryl methyl sites for hydroxylation is 1. The molecule has 5 nitrogen and oxygen atoms in total. The van der Waals surface area contributed by atoms with Crippen molar-refractivity contribution in [1.82, 2.24) is 4.90 Å². The van der Waals surface area contributed by atoms with E-state index in [1.54, 1.807) is 18.2 Å². The summed E-state index contributed by atoms with van der Waals surface area (Å²) in [6.07, 6.45) is 0.715. The van der Waals surface area contributed by atoms with Crippen LogP contribution in [0.25, 0.3) is 0 Å². The minimum atomic E-state index is -4.21. The summed E-state index contributed by atoms with van der Waals surface area (Å²) in [5.74, 6) is 0.984. The summed E-state index contributed by atoms with van der Waals surface area (Å²) in [5.41, 5.74) is 1.95. The number of rotatable bonds is 7. The van der Waals surface area contributed by atoms with Gasteiger partial charge in [0.25, 0.3) is 0 Å². The van der Waals surface area contributed by atoms with Gasteiger partial charge in [-0.05, 0) is 63.3 Å². The van der Waals surface area contributed by atoms with Crippen molar-refractivity contribution < 1.29 is 18.7 Å². The third kappa shape index (κ3) is 4.84. The quantitative estimate of drug-likeness (QED) is 0.719. The molecule has 130 valence electrons. The van der Waals surface area contributed by atoms with Crippen LogP contribution in [0.1, 0.15) is 11.1 Å². The fourth-order valence-corrected chi connectivity index (χ4v) is 3.34. The summed E-state index contributed by atoms with van der Waals surface area (Å²) in [7, 11) is 1.28. The molecule has 2 aromatic rings. The summed E-state index contributed by atoms with van der Waals surface area (Å²) in [4.78, 5) is 14.6. The summed E-state index contributed by atoms with van der Waals surface area (Å²) >= 11 is 0. The normalized spacial score (nSPS) is 13.6. The number of ether oxygens (including phenoxy) is 1. The van der Waals surface area contributed by atoms with Crippen molar-refractivity contribution in [2.45, 2.75) is 13.3 Å². The lowest BCUT2D eigenvalue weighted by atomic mass is 10.1. The molecule has 0 bridgehead atoms. The van der Waals surface area contributed by atoms with Crippen LogP contribution in [0.15, 0.2) is 42.5 Å². The Labute approximate surface area is 143 Å². The Morgan fingerprint density at radius 3 is 2.38 bits per heavy atom. The predicted octanol–water partition coefficient (Wildman–Crippen LogP) is 2.37. The molecule has 0 radical (unpaired) electrons. The molecule has 0 heterocycles. The lowest BCUT2D eigenvalue weighted by Gasteiger charge is -2.26. The molecule has 24 heavy (non-hydrogen) atoms. The van der Waals surface area contributed by atoms with Crippen LogP contribution >= 0.6 is 7.60 Å². The highest BCUT2D eigenvalue weighted by Gasteiger charge is 2.16. The van der Waals surface area contributed by atoms with Gasteiger partial charge < -0.3 is 19.1 Å². The van der Waals surface area contributed by atoms with E-state index >= 15 is 0 Å². The Hall–Kier alpha value is -1.81. The Morgan fingerprint density at radius 2 is 1.79 bits per heavy atom. The molecule has 0 aliphatic rings.